The fraction of sp³-hybridized carbons (Fsp3) is 0.600. The number of imide groups is 1. The van der Waals surface area contributed by atoms with Gasteiger partial charge in [-0.15, -0.1) is 13.2 Å². The standard InChI is InChI=1S/C5F7NO3/c6-3(7)1(14)13(5(10,11)12)2(15)4(8,9)16-3. The molecule has 0 unspecified atom stereocenters. The average Bonchev–Trinajstić information content (AvgIpc) is 1.97. The first kappa shape index (κ1) is 12.7. The number of alkyl halides is 7. The number of carbonyl (C=O) groups excluding carboxylic acids is 2. The van der Waals surface area contributed by atoms with Crippen LogP contribution in [0.4, 0.5) is 30.7 Å². The molecule has 11 heteroatoms. The Balaban J connectivity index is 3.25. The van der Waals surface area contributed by atoms with Gasteiger partial charge in [0.15, 0.2) is 0 Å². The molecule has 0 aromatic carbocycles. The van der Waals surface area contributed by atoms with Gasteiger partial charge in [-0.1, -0.05) is 0 Å². The molecule has 0 spiro atoms. The van der Waals surface area contributed by atoms with Gasteiger partial charge in [0, 0.05) is 0 Å². The molecule has 92 valence electrons. The molecule has 2 amide bonds. The summed E-state index contributed by atoms with van der Waals surface area (Å²) in [6.07, 6.45) is -16.8. The van der Waals surface area contributed by atoms with Crippen molar-refractivity contribution in [2.45, 2.75) is 18.5 Å². The summed E-state index contributed by atoms with van der Waals surface area (Å²) in [7, 11) is 0. The zero-order valence-corrected chi connectivity index (χ0v) is 6.82. The van der Waals surface area contributed by atoms with Crippen molar-refractivity contribution in [2.24, 2.45) is 0 Å². The fourth-order valence-electron chi connectivity index (χ4n) is 0.831. The number of halogens is 7. The molecule has 0 saturated carbocycles. The lowest BCUT2D eigenvalue weighted by Gasteiger charge is -2.34. The molecule has 0 radical (unpaired) electrons. The Morgan fingerprint density at radius 1 is 0.938 bits per heavy atom. The number of carbonyl (C=O) groups is 2. The summed E-state index contributed by atoms with van der Waals surface area (Å²) in [5.41, 5.74) is 0. The van der Waals surface area contributed by atoms with Gasteiger partial charge in [-0.3, -0.25) is 9.59 Å². The molecule has 0 aromatic heterocycles. The SMILES string of the molecule is O=C1N(C(F)(F)F)C(=O)C(F)(F)OC1(F)F. The van der Waals surface area contributed by atoms with Crippen molar-refractivity contribution in [1.82, 2.24) is 4.90 Å². The lowest BCUT2D eigenvalue weighted by atomic mass is 10.3. The molecule has 1 saturated heterocycles. The quantitative estimate of drug-likeness (QED) is 0.369. The van der Waals surface area contributed by atoms with E-state index in [0.717, 1.165) is 0 Å². The van der Waals surface area contributed by atoms with Crippen LogP contribution in [0.5, 0.6) is 0 Å². The monoisotopic (exact) mass is 255 g/mol. The molecule has 0 aromatic rings. The minimum atomic E-state index is -5.98. The third-order valence-corrected chi connectivity index (χ3v) is 1.41. The van der Waals surface area contributed by atoms with Crippen LogP contribution >= 0.6 is 0 Å². The zero-order valence-electron chi connectivity index (χ0n) is 6.82. The van der Waals surface area contributed by atoms with E-state index in [1.165, 1.54) is 0 Å². The highest BCUT2D eigenvalue weighted by atomic mass is 19.4. The van der Waals surface area contributed by atoms with Crippen LogP contribution in [0.3, 0.4) is 0 Å². The van der Waals surface area contributed by atoms with E-state index in [9.17, 15) is 40.3 Å². The molecule has 1 fully saturated rings. The van der Waals surface area contributed by atoms with Gasteiger partial charge in [0.2, 0.25) is 0 Å². The lowest BCUT2D eigenvalue weighted by molar-refractivity contribution is -0.377. The van der Waals surface area contributed by atoms with Crippen LogP contribution in [-0.2, 0) is 14.3 Å². The summed E-state index contributed by atoms with van der Waals surface area (Å²) >= 11 is 0. The summed E-state index contributed by atoms with van der Waals surface area (Å²) in [6, 6.07) is 0. The van der Waals surface area contributed by atoms with Gasteiger partial charge in [0.05, 0.1) is 0 Å². The van der Waals surface area contributed by atoms with Crippen LogP contribution in [0.1, 0.15) is 0 Å². The topological polar surface area (TPSA) is 46.6 Å². The second kappa shape index (κ2) is 3.06. The molecular formula is C5F7NO3. The number of morpholine rings is 1. The van der Waals surface area contributed by atoms with E-state index in [-0.39, 0.29) is 0 Å². The lowest BCUT2D eigenvalue weighted by Crippen LogP contribution is -2.65. The second-order valence-corrected chi connectivity index (χ2v) is 2.55. The molecule has 1 aliphatic heterocycles. The molecule has 0 N–H and O–H groups in total. The van der Waals surface area contributed by atoms with Crippen molar-refractivity contribution in [3.63, 3.8) is 0 Å². The third-order valence-electron chi connectivity index (χ3n) is 1.41. The summed E-state index contributed by atoms with van der Waals surface area (Å²) < 4.78 is 87.3. The predicted molar refractivity (Wildman–Crippen MR) is 28.9 cm³/mol. The minimum absolute atomic E-state index is 2.18. The first-order valence-corrected chi connectivity index (χ1v) is 3.31. The van der Waals surface area contributed by atoms with Crippen LogP contribution in [0, 0.1) is 0 Å². The van der Waals surface area contributed by atoms with Gasteiger partial charge in [0.1, 0.15) is 0 Å². The Morgan fingerprint density at radius 2 is 1.25 bits per heavy atom. The van der Waals surface area contributed by atoms with Gasteiger partial charge in [-0.25, -0.2) is 4.74 Å². The first-order chi connectivity index (χ1) is 6.89. The molecule has 1 heterocycles. The number of rotatable bonds is 0. The maximum absolute atomic E-state index is 12.3. The van der Waals surface area contributed by atoms with Gasteiger partial charge in [-0.2, -0.15) is 22.5 Å². The Hall–Kier alpha value is -1.39. The number of hydrogen-bond acceptors (Lipinski definition) is 3. The zero-order chi connectivity index (χ0) is 12.9. The molecule has 0 aliphatic carbocycles. The maximum atomic E-state index is 12.3. The summed E-state index contributed by atoms with van der Waals surface area (Å²) in [5.74, 6) is -6.42. The van der Waals surface area contributed by atoms with E-state index >= 15 is 0 Å². The van der Waals surface area contributed by atoms with Gasteiger partial charge in [0.25, 0.3) is 0 Å². The molecule has 16 heavy (non-hydrogen) atoms. The van der Waals surface area contributed by atoms with Gasteiger partial charge < -0.3 is 0 Å². The number of hydrogen-bond donors (Lipinski definition) is 0. The maximum Gasteiger partial charge on any atom is 0.494 e. The smallest absolute Gasteiger partial charge is 0.264 e. The molecular weight excluding hydrogens is 255 g/mol. The number of nitrogens with zero attached hydrogens (tertiary/aromatic N) is 1. The Bertz CT molecular complexity index is 322. The fourth-order valence-corrected chi connectivity index (χ4v) is 0.831. The van der Waals surface area contributed by atoms with E-state index in [2.05, 4.69) is 4.74 Å². The van der Waals surface area contributed by atoms with Crippen molar-refractivity contribution in [3.8, 4) is 0 Å². The summed E-state index contributed by atoms with van der Waals surface area (Å²) in [5, 5.41) is 0. The van der Waals surface area contributed by atoms with E-state index in [4.69, 9.17) is 0 Å². The summed E-state index contributed by atoms with van der Waals surface area (Å²) in [4.78, 5) is 18.6. The highest BCUT2D eigenvalue weighted by Crippen LogP contribution is 2.39. The Kier molecular flexibility index (Phi) is 2.42. The van der Waals surface area contributed by atoms with Crippen molar-refractivity contribution in [1.29, 1.82) is 0 Å². The van der Waals surface area contributed by atoms with Crippen molar-refractivity contribution >= 4 is 11.8 Å². The van der Waals surface area contributed by atoms with Crippen LogP contribution in [0.2, 0.25) is 0 Å². The molecule has 0 atom stereocenters. The van der Waals surface area contributed by atoms with Crippen molar-refractivity contribution < 1.29 is 45.1 Å². The van der Waals surface area contributed by atoms with Crippen molar-refractivity contribution in [2.75, 3.05) is 0 Å². The number of amides is 2. The minimum Gasteiger partial charge on any atom is -0.264 e. The normalized spacial score (nSPS) is 24.8. The van der Waals surface area contributed by atoms with Crippen LogP contribution in [-0.4, -0.2) is 35.2 Å². The Labute approximate surface area is 81.5 Å². The molecule has 0 bridgehead atoms. The largest absolute Gasteiger partial charge is 0.494 e. The first-order valence-electron chi connectivity index (χ1n) is 3.31. The van der Waals surface area contributed by atoms with Crippen LogP contribution in [0.15, 0.2) is 0 Å². The van der Waals surface area contributed by atoms with E-state index in [0.29, 0.717) is 0 Å². The van der Waals surface area contributed by atoms with Crippen LogP contribution < -0.4 is 0 Å². The highest BCUT2D eigenvalue weighted by Gasteiger charge is 2.69. The van der Waals surface area contributed by atoms with E-state index in [1.54, 1.807) is 0 Å². The highest BCUT2D eigenvalue weighted by molar-refractivity contribution is 6.02. The van der Waals surface area contributed by atoms with Gasteiger partial charge in [-0.05, 0) is 0 Å². The summed E-state index contributed by atoms with van der Waals surface area (Å²) in [6.45, 7) is 0. The van der Waals surface area contributed by atoms with Crippen LogP contribution in [0.25, 0.3) is 0 Å². The van der Waals surface area contributed by atoms with E-state index < -0.39 is 35.2 Å². The molecule has 4 nitrogen and oxygen atoms in total. The average molecular weight is 255 g/mol. The van der Waals surface area contributed by atoms with E-state index in [1.807, 2.05) is 0 Å². The second-order valence-electron chi connectivity index (χ2n) is 2.55. The molecule has 1 rings (SSSR count). The molecule has 1 aliphatic rings. The number of ether oxygens (including phenoxy) is 1. The van der Waals surface area contributed by atoms with Gasteiger partial charge >= 0.3 is 30.3 Å². The predicted octanol–water partition coefficient (Wildman–Crippen LogP) is 1.08. The van der Waals surface area contributed by atoms with Crippen molar-refractivity contribution in [3.05, 3.63) is 0 Å². The Morgan fingerprint density at radius 3 is 1.50 bits per heavy atom. The third kappa shape index (κ3) is 1.81.